The fourth-order valence-corrected chi connectivity index (χ4v) is 1.66. The molecule has 0 saturated carbocycles. The molecule has 0 aliphatic heterocycles. The highest BCUT2D eigenvalue weighted by Gasteiger charge is 2.13. The van der Waals surface area contributed by atoms with E-state index >= 15 is 0 Å². The van der Waals surface area contributed by atoms with Crippen LogP contribution < -0.4 is 4.90 Å². The predicted octanol–water partition coefficient (Wildman–Crippen LogP) is 1.86. The summed E-state index contributed by atoms with van der Waals surface area (Å²) >= 11 is 0. The van der Waals surface area contributed by atoms with Crippen molar-refractivity contribution >= 4 is 11.6 Å². The fourth-order valence-electron chi connectivity index (χ4n) is 1.66. The van der Waals surface area contributed by atoms with E-state index in [1.165, 1.54) is 11.8 Å². The Hall–Kier alpha value is -1.39. The van der Waals surface area contributed by atoms with E-state index in [9.17, 15) is 15.0 Å². The van der Waals surface area contributed by atoms with Crippen LogP contribution in [0.4, 0.5) is 5.69 Å². The Kier molecular flexibility index (Phi) is 5.31. The van der Waals surface area contributed by atoms with Crippen molar-refractivity contribution < 1.29 is 15.0 Å². The van der Waals surface area contributed by atoms with Gasteiger partial charge in [-0.1, -0.05) is 19.1 Å². The molecule has 100 valence electrons. The zero-order chi connectivity index (χ0) is 13.7. The van der Waals surface area contributed by atoms with E-state index in [4.69, 9.17) is 0 Å². The third-order valence-electron chi connectivity index (χ3n) is 3.10. The van der Waals surface area contributed by atoms with Crippen molar-refractivity contribution in [1.29, 1.82) is 0 Å². The molecule has 0 spiro atoms. The lowest BCUT2D eigenvalue weighted by Gasteiger charge is -2.18. The SMILES string of the molecule is CCC(O)CC(O)c1ccc(N(C)C(C)=O)cc1. The second-order valence-corrected chi connectivity index (χ2v) is 4.48. The Labute approximate surface area is 108 Å². The molecule has 2 unspecified atom stereocenters. The Morgan fingerprint density at radius 1 is 1.28 bits per heavy atom. The molecule has 18 heavy (non-hydrogen) atoms. The summed E-state index contributed by atoms with van der Waals surface area (Å²) in [6, 6.07) is 7.14. The fraction of sp³-hybridized carbons (Fsp3) is 0.500. The number of carbonyl (C=O) groups excluding carboxylic acids is 1. The zero-order valence-electron chi connectivity index (χ0n) is 11.1. The van der Waals surface area contributed by atoms with Gasteiger partial charge in [-0.3, -0.25) is 4.79 Å². The number of aliphatic hydroxyl groups is 2. The molecule has 0 radical (unpaired) electrons. The van der Waals surface area contributed by atoms with Gasteiger partial charge in [0.05, 0.1) is 12.2 Å². The smallest absolute Gasteiger partial charge is 0.223 e. The molecule has 0 heterocycles. The first-order valence-electron chi connectivity index (χ1n) is 6.16. The lowest BCUT2D eigenvalue weighted by molar-refractivity contribution is -0.116. The number of rotatable bonds is 5. The molecule has 0 aliphatic rings. The van der Waals surface area contributed by atoms with Crippen LogP contribution in [0.2, 0.25) is 0 Å². The van der Waals surface area contributed by atoms with Gasteiger partial charge in [-0.2, -0.15) is 0 Å². The van der Waals surface area contributed by atoms with Crippen LogP contribution >= 0.6 is 0 Å². The Morgan fingerprint density at radius 2 is 1.83 bits per heavy atom. The van der Waals surface area contributed by atoms with Gasteiger partial charge in [0.2, 0.25) is 5.91 Å². The van der Waals surface area contributed by atoms with Crippen molar-refractivity contribution in [2.24, 2.45) is 0 Å². The molecule has 0 aromatic heterocycles. The topological polar surface area (TPSA) is 60.8 Å². The summed E-state index contributed by atoms with van der Waals surface area (Å²) in [6.07, 6.45) is -0.197. The summed E-state index contributed by atoms with van der Waals surface area (Å²) in [5.74, 6) is -0.0373. The van der Waals surface area contributed by atoms with Crippen LogP contribution in [-0.4, -0.2) is 29.3 Å². The first-order chi connectivity index (χ1) is 8.45. The van der Waals surface area contributed by atoms with Crippen molar-refractivity contribution in [2.75, 3.05) is 11.9 Å². The standard InChI is InChI=1S/C14H21NO3/c1-4-13(17)9-14(18)11-5-7-12(8-6-11)15(3)10(2)16/h5-8,13-14,17-18H,4,9H2,1-3H3. The Bertz CT molecular complexity index is 389. The van der Waals surface area contributed by atoms with Crippen molar-refractivity contribution in [2.45, 2.75) is 38.9 Å². The predicted molar refractivity (Wildman–Crippen MR) is 71.4 cm³/mol. The van der Waals surface area contributed by atoms with Crippen LogP contribution in [0, 0.1) is 0 Å². The van der Waals surface area contributed by atoms with Crippen LogP contribution in [0.5, 0.6) is 0 Å². The number of anilines is 1. The first-order valence-corrected chi connectivity index (χ1v) is 6.16. The van der Waals surface area contributed by atoms with E-state index in [0.717, 1.165) is 11.3 Å². The van der Waals surface area contributed by atoms with E-state index in [1.807, 2.05) is 6.92 Å². The summed E-state index contributed by atoms with van der Waals surface area (Å²) in [5, 5.41) is 19.4. The minimum absolute atomic E-state index is 0.0373. The van der Waals surface area contributed by atoms with E-state index in [2.05, 4.69) is 0 Å². The van der Waals surface area contributed by atoms with E-state index in [1.54, 1.807) is 31.3 Å². The molecule has 2 N–H and O–H groups in total. The molecular formula is C14H21NO3. The number of nitrogens with zero attached hydrogens (tertiary/aromatic N) is 1. The van der Waals surface area contributed by atoms with Gasteiger partial charge in [0.15, 0.2) is 0 Å². The summed E-state index contributed by atoms with van der Waals surface area (Å²) in [4.78, 5) is 12.7. The number of hydrogen-bond acceptors (Lipinski definition) is 3. The lowest BCUT2D eigenvalue weighted by Crippen LogP contribution is -2.22. The van der Waals surface area contributed by atoms with Crippen molar-refractivity contribution in [3.8, 4) is 0 Å². The van der Waals surface area contributed by atoms with E-state index < -0.39 is 12.2 Å². The Morgan fingerprint density at radius 3 is 2.28 bits per heavy atom. The maximum atomic E-state index is 11.2. The zero-order valence-corrected chi connectivity index (χ0v) is 11.1. The molecule has 0 aliphatic carbocycles. The summed E-state index contributed by atoms with van der Waals surface area (Å²) in [7, 11) is 1.70. The molecule has 0 bridgehead atoms. The van der Waals surface area contributed by atoms with Crippen LogP contribution in [-0.2, 0) is 4.79 Å². The first kappa shape index (κ1) is 14.7. The van der Waals surface area contributed by atoms with Crippen LogP contribution in [0.3, 0.4) is 0 Å². The van der Waals surface area contributed by atoms with Gasteiger partial charge < -0.3 is 15.1 Å². The van der Waals surface area contributed by atoms with Crippen molar-refractivity contribution in [1.82, 2.24) is 0 Å². The molecule has 0 fully saturated rings. The van der Waals surface area contributed by atoms with Gasteiger partial charge in [0, 0.05) is 26.1 Å². The van der Waals surface area contributed by atoms with Crippen LogP contribution in [0.25, 0.3) is 0 Å². The molecule has 1 amide bonds. The average molecular weight is 251 g/mol. The van der Waals surface area contributed by atoms with Gasteiger partial charge >= 0.3 is 0 Å². The lowest BCUT2D eigenvalue weighted by atomic mass is 10.0. The molecule has 4 heteroatoms. The maximum Gasteiger partial charge on any atom is 0.223 e. The molecule has 2 atom stereocenters. The summed E-state index contributed by atoms with van der Waals surface area (Å²) < 4.78 is 0. The number of hydrogen-bond donors (Lipinski definition) is 2. The minimum Gasteiger partial charge on any atom is -0.393 e. The minimum atomic E-state index is -0.670. The third kappa shape index (κ3) is 3.82. The average Bonchev–Trinajstić information content (AvgIpc) is 2.37. The maximum absolute atomic E-state index is 11.2. The quantitative estimate of drug-likeness (QED) is 0.839. The van der Waals surface area contributed by atoms with Crippen LogP contribution in [0.15, 0.2) is 24.3 Å². The molecule has 1 rings (SSSR count). The molecular weight excluding hydrogens is 230 g/mol. The van der Waals surface area contributed by atoms with Crippen LogP contribution in [0.1, 0.15) is 38.4 Å². The second kappa shape index (κ2) is 6.52. The van der Waals surface area contributed by atoms with Gasteiger partial charge in [-0.15, -0.1) is 0 Å². The largest absolute Gasteiger partial charge is 0.393 e. The molecule has 1 aromatic rings. The number of aliphatic hydroxyl groups excluding tert-OH is 2. The normalized spacial score (nSPS) is 14.1. The van der Waals surface area contributed by atoms with E-state index in [0.29, 0.717) is 12.8 Å². The molecule has 0 saturated heterocycles. The van der Waals surface area contributed by atoms with Gasteiger partial charge in [0.1, 0.15) is 0 Å². The number of amides is 1. The molecule has 4 nitrogen and oxygen atoms in total. The van der Waals surface area contributed by atoms with Gasteiger partial charge in [-0.25, -0.2) is 0 Å². The highest BCUT2D eigenvalue weighted by Crippen LogP contribution is 2.22. The molecule has 1 aromatic carbocycles. The highest BCUT2D eigenvalue weighted by atomic mass is 16.3. The summed E-state index contributed by atoms with van der Waals surface area (Å²) in [5.41, 5.74) is 1.54. The Balaban J connectivity index is 2.73. The van der Waals surface area contributed by atoms with Gasteiger partial charge in [-0.05, 0) is 24.1 Å². The number of carbonyl (C=O) groups is 1. The van der Waals surface area contributed by atoms with Crippen molar-refractivity contribution in [3.05, 3.63) is 29.8 Å². The van der Waals surface area contributed by atoms with E-state index in [-0.39, 0.29) is 5.91 Å². The highest BCUT2D eigenvalue weighted by molar-refractivity contribution is 5.90. The van der Waals surface area contributed by atoms with Gasteiger partial charge in [0.25, 0.3) is 0 Å². The monoisotopic (exact) mass is 251 g/mol. The number of benzene rings is 1. The summed E-state index contributed by atoms with van der Waals surface area (Å²) in [6.45, 7) is 3.38. The van der Waals surface area contributed by atoms with Crippen molar-refractivity contribution in [3.63, 3.8) is 0 Å². The second-order valence-electron chi connectivity index (χ2n) is 4.48. The third-order valence-corrected chi connectivity index (χ3v) is 3.10.